The van der Waals surface area contributed by atoms with Crippen LogP contribution in [0.2, 0.25) is 0 Å². The van der Waals surface area contributed by atoms with Crippen molar-refractivity contribution in [1.82, 2.24) is 0 Å². The first kappa shape index (κ1) is 10.8. The fraction of sp³-hybridized carbons (Fsp3) is 0.400. The zero-order chi connectivity index (χ0) is 9.56. The highest BCUT2D eigenvalue weighted by Gasteiger charge is 2.16. The highest BCUT2D eigenvalue weighted by Crippen LogP contribution is 2.06. The lowest BCUT2D eigenvalue weighted by Crippen LogP contribution is -2.18. The van der Waals surface area contributed by atoms with Crippen LogP contribution in [0.1, 0.15) is 20.3 Å². The number of rotatable bonds is 5. The summed E-state index contributed by atoms with van der Waals surface area (Å²) in [5.74, 6) is -0.617. The topological polar surface area (TPSA) is 34.1 Å². The van der Waals surface area contributed by atoms with Crippen molar-refractivity contribution >= 4 is 11.6 Å². The predicted octanol–water partition coefficient (Wildman–Crippen LogP) is 1.91. The van der Waals surface area contributed by atoms with E-state index in [-0.39, 0.29) is 11.6 Å². The van der Waals surface area contributed by atoms with Gasteiger partial charge in [-0.15, -0.1) is 0 Å². The van der Waals surface area contributed by atoms with Crippen LogP contribution in [-0.2, 0) is 9.59 Å². The zero-order valence-corrected chi connectivity index (χ0v) is 7.54. The maximum Gasteiger partial charge on any atom is 0.140 e. The quantitative estimate of drug-likeness (QED) is 0.462. The van der Waals surface area contributed by atoms with Gasteiger partial charge >= 0.3 is 0 Å². The number of carbonyl (C=O) groups is 2. The summed E-state index contributed by atoms with van der Waals surface area (Å²) in [6, 6.07) is 0. The lowest BCUT2D eigenvalue weighted by molar-refractivity contribution is -0.130. The van der Waals surface area contributed by atoms with Crippen LogP contribution in [0.4, 0.5) is 0 Å². The third-order valence-electron chi connectivity index (χ3n) is 1.63. The Morgan fingerprint density at radius 1 is 1.33 bits per heavy atom. The van der Waals surface area contributed by atoms with Gasteiger partial charge in [-0.2, -0.15) is 0 Å². The number of allylic oxidation sites excluding steroid dienone is 3. The van der Waals surface area contributed by atoms with Crippen molar-refractivity contribution in [2.45, 2.75) is 20.3 Å². The highest BCUT2D eigenvalue weighted by atomic mass is 16.1. The first-order valence-corrected chi connectivity index (χ1v) is 3.88. The molecule has 0 heterocycles. The maximum absolute atomic E-state index is 10.9. The molecule has 0 N–H and O–H groups in total. The Kier molecular flexibility index (Phi) is 4.93. The minimum atomic E-state index is -0.471. The van der Waals surface area contributed by atoms with Crippen molar-refractivity contribution in [3.63, 3.8) is 0 Å². The van der Waals surface area contributed by atoms with Crippen LogP contribution < -0.4 is 0 Å². The van der Waals surface area contributed by atoms with E-state index in [4.69, 9.17) is 0 Å². The van der Waals surface area contributed by atoms with Crippen molar-refractivity contribution in [2.24, 2.45) is 5.92 Å². The van der Waals surface area contributed by atoms with Gasteiger partial charge in [-0.1, -0.05) is 24.8 Å². The van der Waals surface area contributed by atoms with E-state index in [1.807, 2.05) is 0 Å². The molecule has 0 saturated heterocycles. The molecule has 0 atom stereocenters. The molecule has 0 saturated carbocycles. The van der Waals surface area contributed by atoms with Crippen molar-refractivity contribution in [2.75, 3.05) is 0 Å². The molecule has 2 heteroatoms. The Hall–Kier alpha value is -1.18. The van der Waals surface area contributed by atoms with Crippen LogP contribution in [0.5, 0.6) is 0 Å². The predicted molar refractivity (Wildman–Crippen MR) is 48.8 cm³/mol. The van der Waals surface area contributed by atoms with Gasteiger partial charge in [0.05, 0.1) is 5.92 Å². The highest BCUT2D eigenvalue weighted by molar-refractivity contribution is 6.00. The molecule has 0 aromatic rings. The molecule has 0 aliphatic carbocycles. The fourth-order valence-corrected chi connectivity index (χ4v) is 0.929. The number of Topliss-reactive ketones (excluding diaryl/α,β-unsaturated/α-hetero) is 2. The zero-order valence-electron chi connectivity index (χ0n) is 7.54. The van der Waals surface area contributed by atoms with Crippen LogP contribution in [0, 0.1) is 5.92 Å². The normalized spacial score (nSPS) is 10.6. The molecule has 12 heavy (non-hydrogen) atoms. The first-order valence-electron chi connectivity index (χ1n) is 3.88. The third kappa shape index (κ3) is 3.86. The molecule has 0 radical (unpaired) electrons. The van der Waals surface area contributed by atoms with E-state index in [1.54, 1.807) is 18.2 Å². The number of hydrogen-bond acceptors (Lipinski definition) is 2. The van der Waals surface area contributed by atoms with E-state index in [2.05, 4.69) is 6.58 Å². The molecular formula is C10H14O2. The van der Waals surface area contributed by atoms with Gasteiger partial charge in [-0.05, 0) is 20.3 Å². The van der Waals surface area contributed by atoms with Gasteiger partial charge in [0.25, 0.3) is 0 Å². The lowest BCUT2D eigenvalue weighted by Gasteiger charge is -2.05. The summed E-state index contributed by atoms with van der Waals surface area (Å²) in [4.78, 5) is 21.8. The lowest BCUT2D eigenvalue weighted by atomic mass is 9.97. The molecule has 0 bridgehead atoms. The molecule has 0 aliphatic heterocycles. The van der Waals surface area contributed by atoms with E-state index in [1.165, 1.54) is 13.8 Å². The molecule has 0 aliphatic rings. The third-order valence-corrected chi connectivity index (χ3v) is 1.63. The Labute approximate surface area is 73.0 Å². The van der Waals surface area contributed by atoms with Crippen LogP contribution in [-0.4, -0.2) is 11.6 Å². The number of ketones is 2. The van der Waals surface area contributed by atoms with E-state index in [0.717, 1.165) is 0 Å². The Balaban J connectivity index is 4.14. The summed E-state index contributed by atoms with van der Waals surface area (Å²) in [7, 11) is 0. The molecule has 66 valence electrons. The average molecular weight is 166 g/mol. The van der Waals surface area contributed by atoms with Crippen LogP contribution >= 0.6 is 0 Å². The molecule has 2 nitrogen and oxygen atoms in total. The largest absolute Gasteiger partial charge is 0.299 e. The summed E-state index contributed by atoms with van der Waals surface area (Å²) in [5, 5.41) is 0. The van der Waals surface area contributed by atoms with Gasteiger partial charge in [-0.25, -0.2) is 0 Å². The second kappa shape index (κ2) is 5.47. The Morgan fingerprint density at radius 3 is 2.17 bits per heavy atom. The van der Waals surface area contributed by atoms with Gasteiger partial charge in [0.15, 0.2) is 0 Å². The van der Waals surface area contributed by atoms with Gasteiger partial charge < -0.3 is 0 Å². The van der Waals surface area contributed by atoms with Crippen molar-refractivity contribution in [1.29, 1.82) is 0 Å². The van der Waals surface area contributed by atoms with Crippen LogP contribution in [0.25, 0.3) is 0 Å². The number of carbonyl (C=O) groups excluding carboxylic acids is 2. The molecular weight excluding hydrogens is 152 g/mol. The van der Waals surface area contributed by atoms with Gasteiger partial charge in [0.1, 0.15) is 11.6 Å². The summed E-state index contributed by atoms with van der Waals surface area (Å²) in [6.45, 7) is 6.37. The molecule has 0 fully saturated rings. The second-order valence-electron chi connectivity index (χ2n) is 2.67. The molecule has 0 rings (SSSR count). The van der Waals surface area contributed by atoms with E-state index < -0.39 is 5.92 Å². The van der Waals surface area contributed by atoms with E-state index >= 15 is 0 Å². The van der Waals surface area contributed by atoms with Crippen LogP contribution in [0.3, 0.4) is 0 Å². The SMILES string of the molecule is C=CC=CCC(C(C)=O)C(C)=O. The minimum Gasteiger partial charge on any atom is -0.299 e. The minimum absolute atomic E-state index is 0.0730. The second-order valence-corrected chi connectivity index (χ2v) is 2.67. The summed E-state index contributed by atoms with van der Waals surface area (Å²) in [6.07, 6.45) is 5.62. The summed E-state index contributed by atoms with van der Waals surface area (Å²) < 4.78 is 0. The van der Waals surface area contributed by atoms with Crippen LogP contribution in [0.15, 0.2) is 24.8 Å². The maximum atomic E-state index is 10.9. The van der Waals surface area contributed by atoms with Crippen molar-refractivity contribution in [3.8, 4) is 0 Å². The standard InChI is InChI=1S/C10H14O2/c1-4-5-6-7-10(8(2)11)9(3)12/h4-6,10H,1,7H2,2-3H3. The van der Waals surface area contributed by atoms with Gasteiger partial charge in [0.2, 0.25) is 0 Å². The van der Waals surface area contributed by atoms with E-state index in [0.29, 0.717) is 6.42 Å². The fourth-order valence-electron chi connectivity index (χ4n) is 0.929. The number of hydrogen-bond donors (Lipinski definition) is 0. The molecule has 0 amide bonds. The first-order chi connectivity index (χ1) is 5.59. The summed E-state index contributed by atoms with van der Waals surface area (Å²) >= 11 is 0. The molecule has 0 unspecified atom stereocenters. The van der Waals surface area contributed by atoms with E-state index in [9.17, 15) is 9.59 Å². The summed E-state index contributed by atoms with van der Waals surface area (Å²) in [5.41, 5.74) is 0. The molecule has 0 aromatic heterocycles. The molecule has 0 aromatic carbocycles. The average Bonchev–Trinajstić information content (AvgIpc) is 1.96. The Bertz CT molecular complexity index is 200. The smallest absolute Gasteiger partial charge is 0.140 e. The van der Waals surface area contributed by atoms with Gasteiger partial charge in [-0.3, -0.25) is 9.59 Å². The van der Waals surface area contributed by atoms with Gasteiger partial charge in [0, 0.05) is 0 Å². The monoisotopic (exact) mass is 166 g/mol. The Morgan fingerprint density at radius 2 is 1.83 bits per heavy atom. The van der Waals surface area contributed by atoms with Crippen molar-refractivity contribution < 1.29 is 9.59 Å². The molecule has 0 spiro atoms. The van der Waals surface area contributed by atoms with Crippen molar-refractivity contribution in [3.05, 3.63) is 24.8 Å².